The third-order valence-electron chi connectivity index (χ3n) is 6.22. The van der Waals surface area contributed by atoms with Gasteiger partial charge in [-0.3, -0.25) is 9.89 Å². The fourth-order valence-electron chi connectivity index (χ4n) is 4.55. The van der Waals surface area contributed by atoms with E-state index in [1.165, 1.54) is 0 Å². The number of amides is 2. The second-order valence-electron chi connectivity index (χ2n) is 10.3. The number of hydrogen-bond donors (Lipinski definition) is 4. The van der Waals surface area contributed by atoms with Gasteiger partial charge in [-0.2, -0.15) is 5.10 Å². The number of aromatic nitrogens is 2. The van der Waals surface area contributed by atoms with E-state index in [1.54, 1.807) is 32.9 Å². The molecular formula is C31H34N4O4. The highest BCUT2D eigenvalue weighted by atomic mass is 16.6. The minimum Gasteiger partial charge on any atom is -0.444 e. The van der Waals surface area contributed by atoms with Gasteiger partial charge < -0.3 is 20.5 Å². The van der Waals surface area contributed by atoms with Crippen molar-refractivity contribution >= 4 is 17.7 Å². The average molecular weight is 527 g/mol. The van der Waals surface area contributed by atoms with Crippen LogP contribution in [0.2, 0.25) is 0 Å². The van der Waals surface area contributed by atoms with Gasteiger partial charge in [0.2, 0.25) is 5.91 Å². The maximum absolute atomic E-state index is 13.8. The van der Waals surface area contributed by atoms with Crippen LogP contribution < -0.4 is 10.6 Å². The van der Waals surface area contributed by atoms with Crippen LogP contribution in [-0.4, -0.2) is 38.9 Å². The average Bonchev–Trinajstić information content (AvgIpc) is 3.29. The fraction of sp³-hybridized carbons (Fsp3) is 0.258. The van der Waals surface area contributed by atoms with Crippen molar-refractivity contribution < 1.29 is 19.4 Å². The van der Waals surface area contributed by atoms with Gasteiger partial charge in [0.15, 0.2) is 0 Å². The van der Waals surface area contributed by atoms with Gasteiger partial charge in [-0.05, 0) is 56.5 Å². The van der Waals surface area contributed by atoms with Gasteiger partial charge in [-0.25, -0.2) is 4.79 Å². The third kappa shape index (κ3) is 6.91. The van der Waals surface area contributed by atoms with E-state index in [2.05, 4.69) is 20.8 Å². The Labute approximate surface area is 228 Å². The molecule has 1 unspecified atom stereocenters. The van der Waals surface area contributed by atoms with Crippen molar-refractivity contribution in [1.29, 1.82) is 0 Å². The summed E-state index contributed by atoms with van der Waals surface area (Å²) in [6.07, 6.45) is -0.679. The predicted octanol–water partition coefficient (Wildman–Crippen LogP) is 5.54. The molecule has 4 aromatic rings. The topological polar surface area (TPSA) is 116 Å². The summed E-state index contributed by atoms with van der Waals surface area (Å²) in [5.41, 5.74) is 4.67. The molecule has 0 spiro atoms. The smallest absolute Gasteiger partial charge is 0.408 e. The van der Waals surface area contributed by atoms with Crippen LogP contribution in [-0.2, 0) is 16.1 Å². The van der Waals surface area contributed by atoms with Gasteiger partial charge in [-0.1, -0.05) is 72.8 Å². The van der Waals surface area contributed by atoms with Crippen LogP contribution in [0, 0.1) is 6.92 Å². The maximum atomic E-state index is 13.8. The number of aromatic amines is 1. The molecule has 4 N–H and O–H groups in total. The normalized spacial score (nSPS) is 12.2. The highest BCUT2D eigenvalue weighted by Crippen LogP contribution is 2.30. The Bertz CT molecular complexity index is 1350. The van der Waals surface area contributed by atoms with Gasteiger partial charge in [0, 0.05) is 22.9 Å². The minimum absolute atomic E-state index is 0.184. The van der Waals surface area contributed by atoms with E-state index >= 15 is 0 Å². The van der Waals surface area contributed by atoms with Crippen LogP contribution in [0.15, 0.2) is 84.9 Å². The lowest BCUT2D eigenvalue weighted by atomic mass is 9.84. The first-order chi connectivity index (χ1) is 18.7. The summed E-state index contributed by atoms with van der Waals surface area (Å²) in [5.74, 6) is -0.860. The van der Waals surface area contributed by atoms with E-state index < -0.39 is 23.7 Å². The number of aryl methyl sites for hydroxylation is 1. The molecule has 3 aromatic carbocycles. The Balaban J connectivity index is 1.66. The first-order valence-corrected chi connectivity index (χ1v) is 12.8. The van der Waals surface area contributed by atoms with Crippen LogP contribution >= 0.6 is 0 Å². The van der Waals surface area contributed by atoms with Crippen LogP contribution in [0.1, 0.15) is 49.2 Å². The van der Waals surface area contributed by atoms with Crippen molar-refractivity contribution in [1.82, 2.24) is 15.5 Å². The molecule has 0 saturated carbocycles. The van der Waals surface area contributed by atoms with E-state index in [0.29, 0.717) is 11.4 Å². The molecule has 0 fully saturated rings. The molecule has 8 nitrogen and oxygen atoms in total. The minimum atomic E-state index is -0.971. The number of ether oxygens (including phenoxy) is 1. The molecule has 0 aliphatic carbocycles. The molecule has 202 valence electrons. The van der Waals surface area contributed by atoms with Gasteiger partial charge in [0.1, 0.15) is 11.6 Å². The fourth-order valence-corrected chi connectivity index (χ4v) is 4.55. The summed E-state index contributed by atoms with van der Waals surface area (Å²) >= 11 is 0. The van der Waals surface area contributed by atoms with Crippen LogP contribution in [0.25, 0.3) is 11.1 Å². The van der Waals surface area contributed by atoms with Crippen molar-refractivity contribution in [2.45, 2.75) is 51.9 Å². The molecular weight excluding hydrogens is 492 g/mol. The number of benzene rings is 3. The van der Waals surface area contributed by atoms with Crippen molar-refractivity contribution in [2.24, 2.45) is 0 Å². The first kappa shape index (κ1) is 27.6. The number of carbonyl (C=O) groups is 2. The number of aliphatic hydroxyl groups excluding tert-OH is 1. The lowest BCUT2D eigenvalue weighted by Gasteiger charge is -2.29. The Kier molecular flexibility index (Phi) is 8.46. The number of anilines is 1. The summed E-state index contributed by atoms with van der Waals surface area (Å²) < 4.78 is 5.52. The number of aliphatic hydroxyl groups is 1. The van der Waals surface area contributed by atoms with Crippen LogP contribution in [0.4, 0.5) is 10.5 Å². The molecule has 39 heavy (non-hydrogen) atoms. The maximum Gasteiger partial charge on any atom is 0.408 e. The van der Waals surface area contributed by atoms with Crippen molar-refractivity contribution in [3.8, 4) is 11.1 Å². The third-order valence-corrected chi connectivity index (χ3v) is 6.22. The Hall–Kier alpha value is -4.43. The monoisotopic (exact) mass is 526 g/mol. The highest BCUT2D eigenvalue weighted by molar-refractivity contribution is 5.98. The number of carbonyl (C=O) groups excluding carboxylic acids is 2. The Morgan fingerprint density at radius 3 is 2.00 bits per heavy atom. The SMILES string of the molecule is Cc1[nH]nc(CO)c1-c1ccc(NC(=O)C(NC(=O)OC(C)(C)C)C(c2ccccc2)c2ccccc2)cc1. The molecule has 1 heterocycles. The zero-order valence-corrected chi connectivity index (χ0v) is 22.6. The quantitative estimate of drug-likeness (QED) is 0.241. The van der Waals surface area contributed by atoms with Gasteiger partial charge in [0.05, 0.1) is 12.3 Å². The number of rotatable bonds is 8. The molecule has 8 heteroatoms. The molecule has 4 rings (SSSR count). The molecule has 0 aliphatic rings. The standard InChI is InChI=1S/C31H34N4O4/c1-20-26(25(19-36)35-34-20)23-15-17-24(18-16-23)32-29(37)28(33-30(38)39-31(2,3)4)27(21-11-7-5-8-12-21)22-13-9-6-10-14-22/h5-18,27-28,36H,19H2,1-4H3,(H,32,37)(H,33,38)(H,34,35). The largest absolute Gasteiger partial charge is 0.444 e. The summed E-state index contributed by atoms with van der Waals surface area (Å²) in [4.78, 5) is 26.8. The number of nitrogens with one attached hydrogen (secondary N) is 3. The molecule has 1 aromatic heterocycles. The van der Waals surface area contributed by atoms with Crippen molar-refractivity contribution in [2.75, 3.05) is 5.32 Å². The number of alkyl carbamates (subject to hydrolysis) is 1. The molecule has 2 amide bonds. The second kappa shape index (κ2) is 12.0. The summed E-state index contributed by atoms with van der Waals surface area (Å²) in [6.45, 7) is 7.03. The van der Waals surface area contributed by atoms with Gasteiger partial charge >= 0.3 is 6.09 Å². The summed E-state index contributed by atoms with van der Waals surface area (Å²) in [7, 11) is 0. The van der Waals surface area contributed by atoms with E-state index in [0.717, 1.165) is 27.9 Å². The lowest BCUT2D eigenvalue weighted by Crippen LogP contribution is -2.49. The van der Waals surface area contributed by atoms with Crippen molar-refractivity contribution in [3.63, 3.8) is 0 Å². The number of hydrogen-bond acceptors (Lipinski definition) is 5. The zero-order chi connectivity index (χ0) is 28.0. The van der Waals surface area contributed by atoms with E-state index in [9.17, 15) is 14.7 Å². The molecule has 0 radical (unpaired) electrons. The Morgan fingerprint density at radius 1 is 0.923 bits per heavy atom. The zero-order valence-electron chi connectivity index (χ0n) is 22.6. The molecule has 1 atom stereocenters. The van der Waals surface area contributed by atoms with E-state index in [4.69, 9.17) is 4.74 Å². The predicted molar refractivity (Wildman–Crippen MR) is 151 cm³/mol. The van der Waals surface area contributed by atoms with Crippen molar-refractivity contribution in [3.05, 3.63) is 107 Å². The molecule has 0 bridgehead atoms. The number of nitrogens with zero attached hydrogens (tertiary/aromatic N) is 1. The summed E-state index contributed by atoms with van der Waals surface area (Å²) in [5, 5.41) is 22.5. The number of H-pyrrole nitrogens is 1. The van der Waals surface area contributed by atoms with Gasteiger partial charge in [0.25, 0.3) is 0 Å². The first-order valence-electron chi connectivity index (χ1n) is 12.8. The van der Waals surface area contributed by atoms with Crippen LogP contribution in [0.5, 0.6) is 0 Å². The van der Waals surface area contributed by atoms with Crippen LogP contribution in [0.3, 0.4) is 0 Å². The van der Waals surface area contributed by atoms with E-state index in [-0.39, 0.29) is 12.5 Å². The highest BCUT2D eigenvalue weighted by Gasteiger charge is 2.34. The summed E-state index contributed by atoms with van der Waals surface area (Å²) in [6, 6.07) is 25.5. The van der Waals surface area contributed by atoms with E-state index in [1.807, 2.05) is 79.7 Å². The molecule has 0 aliphatic heterocycles. The lowest BCUT2D eigenvalue weighted by molar-refractivity contribution is -0.118. The van der Waals surface area contributed by atoms with Gasteiger partial charge in [-0.15, -0.1) is 0 Å². The molecule has 0 saturated heterocycles. The second-order valence-corrected chi connectivity index (χ2v) is 10.3. The Morgan fingerprint density at radius 2 is 1.49 bits per heavy atom.